The molecular weight excluding hydrogens is 330 g/mol. The number of likely N-dealkylation sites (tertiary alicyclic amines) is 1. The third kappa shape index (κ3) is 4.43. The third-order valence-corrected chi connectivity index (χ3v) is 5.65. The van der Waals surface area contributed by atoms with Crippen LogP contribution in [0.3, 0.4) is 0 Å². The topological polar surface area (TPSA) is 64.1 Å². The highest BCUT2D eigenvalue weighted by atomic mass is 16.4. The van der Waals surface area contributed by atoms with Gasteiger partial charge in [0.25, 0.3) is 0 Å². The second kappa shape index (κ2) is 8.64. The molecule has 6 heteroatoms. The van der Waals surface area contributed by atoms with Crippen LogP contribution >= 0.6 is 0 Å². The highest BCUT2D eigenvalue weighted by Crippen LogP contribution is 2.28. The molecule has 0 unspecified atom stereocenters. The van der Waals surface area contributed by atoms with E-state index in [9.17, 15) is 9.59 Å². The van der Waals surface area contributed by atoms with Gasteiger partial charge in [-0.15, -0.1) is 0 Å². The van der Waals surface area contributed by atoms with E-state index in [0.717, 1.165) is 57.7 Å². The molecule has 0 radical (unpaired) electrons. The van der Waals surface area contributed by atoms with Gasteiger partial charge >= 0.3 is 5.97 Å². The van der Waals surface area contributed by atoms with Gasteiger partial charge in [-0.2, -0.15) is 0 Å². The highest BCUT2D eigenvalue weighted by molar-refractivity contribution is 5.95. The summed E-state index contributed by atoms with van der Waals surface area (Å²) in [4.78, 5) is 29.9. The van der Waals surface area contributed by atoms with E-state index in [4.69, 9.17) is 5.11 Å². The molecule has 0 atom stereocenters. The smallest absolute Gasteiger partial charge is 0.317 e. The molecule has 2 heterocycles. The van der Waals surface area contributed by atoms with E-state index in [2.05, 4.69) is 11.0 Å². The summed E-state index contributed by atoms with van der Waals surface area (Å²) in [6.45, 7) is 6.35. The van der Waals surface area contributed by atoms with Crippen molar-refractivity contribution in [1.82, 2.24) is 9.80 Å². The van der Waals surface area contributed by atoms with Crippen LogP contribution in [0.4, 0.5) is 5.69 Å². The van der Waals surface area contributed by atoms with Crippen molar-refractivity contribution in [3.63, 3.8) is 0 Å². The number of amides is 1. The molecule has 1 amide bonds. The molecule has 0 bridgehead atoms. The Balaban J connectivity index is 1.44. The van der Waals surface area contributed by atoms with Crippen molar-refractivity contribution in [2.45, 2.75) is 38.6 Å². The number of carboxylic acids is 1. The molecule has 1 aromatic carbocycles. The molecule has 1 fully saturated rings. The summed E-state index contributed by atoms with van der Waals surface area (Å²) in [7, 11) is 0. The fourth-order valence-electron chi connectivity index (χ4n) is 4.17. The fraction of sp³-hybridized carbons (Fsp3) is 0.600. The van der Waals surface area contributed by atoms with E-state index in [-0.39, 0.29) is 12.5 Å². The summed E-state index contributed by atoms with van der Waals surface area (Å²) in [5.74, 6) is -0.552. The van der Waals surface area contributed by atoms with Crippen molar-refractivity contribution in [2.24, 2.45) is 0 Å². The Labute approximate surface area is 155 Å². The summed E-state index contributed by atoms with van der Waals surface area (Å²) in [6, 6.07) is 8.50. The van der Waals surface area contributed by atoms with Gasteiger partial charge in [-0.05, 0) is 50.5 Å². The van der Waals surface area contributed by atoms with E-state index in [0.29, 0.717) is 12.5 Å². The number of aliphatic carboxylic acids is 1. The summed E-state index contributed by atoms with van der Waals surface area (Å²) in [6.07, 6.45) is 3.44. The predicted octanol–water partition coefficient (Wildman–Crippen LogP) is 1.84. The lowest BCUT2D eigenvalue weighted by atomic mass is 10.0. The number of benzene rings is 1. The maximum absolute atomic E-state index is 12.6. The number of nitrogens with zero attached hydrogens (tertiary/aromatic N) is 3. The number of hydrogen-bond donors (Lipinski definition) is 1. The fourth-order valence-corrected chi connectivity index (χ4v) is 4.17. The maximum atomic E-state index is 12.6. The van der Waals surface area contributed by atoms with Crippen LogP contribution in [-0.2, 0) is 16.0 Å². The van der Waals surface area contributed by atoms with Gasteiger partial charge in [-0.1, -0.05) is 25.1 Å². The first kappa shape index (κ1) is 18.9. The first-order valence-electron chi connectivity index (χ1n) is 9.65. The number of carboxylic acid groups (broad SMARTS) is 1. The van der Waals surface area contributed by atoms with Crippen molar-refractivity contribution in [1.29, 1.82) is 0 Å². The van der Waals surface area contributed by atoms with Gasteiger partial charge in [-0.25, -0.2) is 0 Å². The zero-order valence-corrected chi connectivity index (χ0v) is 15.6. The molecule has 0 saturated carbocycles. The molecule has 0 aromatic heterocycles. The second-order valence-electron chi connectivity index (χ2n) is 7.20. The van der Waals surface area contributed by atoms with E-state index >= 15 is 0 Å². The quantitative estimate of drug-likeness (QED) is 0.805. The third-order valence-electron chi connectivity index (χ3n) is 5.65. The van der Waals surface area contributed by atoms with Gasteiger partial charge in [0.1, 0.15) is 0 Å². The highest BCUT2D eigenvalue weighted by Gasteiger charge is 2.27. The molecular formula is C20H29N3O3. The van der Waals surface area contributed by atoms with E-state index in [1.807, 2.05) is 34.9 Å². The Morgan fingerprint density at radius 1 is 1.19 bits per heavy atom. The lowest BCUT2D eigenvalue weighted by Crippen LogP contribution is -2.47. The van der Waals surface area contributed by atoms with Crippen LogP contribution in [0.15, 0.2) is 24.3 Å². The minimum absolute atomic E-state index is 0.119. The zero-order valence-electron chi connectivity index (χ0n) is 15.6. The average Bonchev–Trinajstić information content (AvgIpc) is 3.09. The van der Waals surface area contributed by atoms with E-state index < -0.39 is 5.97 Å². The minimum atomic E-state index is -0.759. The predicted molar refractivity (Wildman–Crippen MR) is 101 cm³/mol. The summed E-state index contributed by atoms with van der Waals surface area (Å²) in [5.41, 5.74) is 2.34. The van der Waals surface area contributed by atoms with Crippen molar-refractivity contribution < 1.29 is 14.7 Å². The second-order valence-corrected chi connectivity index (χ2v) is 7.20. The maximum Gasteiger partial charge on any atom is 0.317 e. The van der Waals surface area contributed by atoms with Gasteiger partial charge in [0.15, 0.2) is 0 Å². The Morgan fingerprint density at radius 3 is 2.62 bits per heavy atom. The number of likely N-dealkylation sites (N-methyl/N-ethyl adjacent to an activating group) is 1. The van der Waals surface area contributed by atoms with Gasteiger partial charge in [-0.3, -0.25) is 14.5 Å². The first-order valence-corrected chi connectivity index (χ1v) is 9.65. The van der Waals surface area contributed by atoms with E-state index in [1.54, 1.807) is 0 Å². The first-order chi connectivity index (χ1) is 12.6. The van der Waals surface area contributed by atoms with Crippen molar-refractivity contribution in [3.05, 3.63) is 29.8 Å². The number of piperidine rings is 1. The molecule has 2 aliphatic heterocycles. The average molecular weight is 359 g/mol. The van der Waals surface area contributed by atoms with Gasteiger partial charge < -0.3 is 14.9 Å². The molecule has 1 saturated heterocycles. The molecule has 3 rings (SSSR count). The molecule has 0 aliphatic carbocycles. The molecule has 0 spiro atoms. The number of anilines is 1. The molecule has 142 valence electrons. The Bertz CT molecular complexity index is 641. The zero-order chi connectivity index (χ0) is 18.5. The Morgan fingerprint density at radius 2 is 1.92 bits per heavy atom. The van der Waals surface area contributed by atoms with Crippen molar-refractivity contribution >= 4 is 17.6 Å². The van der Waals surface area contributed by atoms with Crippen molar-refractivity contribution in [3.8, 4) is 0 Å². The Hall–Kier alpha value is -1.92. The van der Waals surface area contributed by atoms with Gasteiger partial charge in [0.05, 0.1) is 6.54 Å². The lowest BCUT2D eigenvalue weighted by molar-refractivity contribution is -0.139. The Kier molecular flexibility index (Phi) is 6.27. The number of carbonyl (C=O) groups excluding carboxylic acids is 1. The number of hydrogen-bond acceptors (Lipinski definition) is 4. The van der Waals surface area contributed by atoms with Crippen LogP contribution in [0.1, 0.15) is 31.7 Å². The standard InChI is InChI=1S/C20H29N3O3/c1-2-22(15-20(25)26)17-8-11-21(12-9-17)13-10-19(24)23-14-7-16-5-3-4-6-18(16)23/h3-6,17H,2,7-15H2,1H3,(H,25,26). The van der Waals surface area contributed by atoms with Crippen LogP contribution < -0.4 is 4.90 Å². The van der Waals surface area contributed by atoms with Crippen LogP contribution in [0, 0.1) is 0 Å². The van der Waals surface area contributed by atoms with Crippen LogP contribution in [0.25, 0.3) is 0 Å². The SMILES string of the molecule is CCN(CC(=O)O)C1CCN(CCC(=O)N2CCc3ccccc32)CC1. The van der Waals surface area contributed by atoms with Crippen LogP contribution in [0.5, 0.6) is 0 Å². The number of fused-ring (bicyclic) bond motifs is 1. The van der Waals surface area contributed by atoms with Crippen LogP contribution in [0.2, 0.25) is 0 Å². The van der Waals surface area contributed by atoms with Crippen molar-refractivity contribution in [2.75, 3.05) is 44.2 Å². The molecule has 1 aromatic rings. The lowest BCUT2D eigenvalue weighted by Gasteiger charge is -2.37. The minimum Gasteiger partial charge on any atom is -0.480 e. The number of carbonyl (C=O) groups is 2. The molecule has 1 N–H and O–H groups in total. The van der Waals surface area contributed by atoms with Crippen LogP contribution in [-0.4, -0.2) is 72.1 Å². The monoisotopic (exact) mass is 359 g/mol. The molecule has 26 heavy (non-hydrogen) atoms. The largest absolute Gasteiger partial charge is 0.480 e. The number of rotatable bonds is 7. The summed E-state index contributed by atoms with van der Waals surface area (Å²) in [5, 5.41) is 9.02. The normalized spacial score (nSPS) is 18.3. The van der Waals surface area contributed by atoms with E-state index in [1.165, 1.54) is 5.56 Å². The van der Waals surface area contributed by atoms with Gasteiger partial charge in [0.2, 0.25) is 5.91 Å². The molecule has 2 aliphatic rings. The molecule has 6 nitrogen and oxygen atoms in total. The summed E-state index contributed by atoms with van der Waals surface area (Å²) < 4.78 is 0. The number of para-hydroxylation sites is 1. The summed E-state index contributed by atoms with van der Waals surface area (Å²) >= 11 is 0. The van der Waals surface area contributed by atoms with Gasteiger partial charge in [0, 0.05) is 31.2 Å².